The summed E-state index contributed by atoms with van der Waals surface area (Å²) in [5.41, 5.74) is 0. The van der Waals surface area contributed by atoms with Crippen molar-refractivity contribution in [2.24, 2.45) is 0 Å². The zero-order valence-corrected chi connectivity index (χ0v) is 16.2. The monoisotopic (exact) mass is 340 g/mol. The van der Waals surface area contributed by atoms with Crippen molar-refractivity contribution in [1.29, 1.82) is 0 Å². The molecule has 0 saturated heterocycles. The Labute approximate surface area is 147 Å². The van der Waals surface area contributed by atoms with Crippen molar-refractivity contribution in [2.45, 2.75) is 31.9 Å². The van der Waals surface area contributed by atoms with Gasteiger partial charge < -0.3 is 9.16 Å². The van der Waals surface area contributed by atoms with E-state index >= 15 is 0 Å². The molecule has 0 fully saturated rings. The molecule has 0 spiro atoms. The van der Waals surface area contributed by atoms with Crippen molar-refractivity contribution in [1.82, 2.24) is 0 Å². The standard InChI is InChI=1S/C21H28O2Si/c1-6-18(22-5)17-23-24(21(2,3)4,19-13-9-7-10-14-19)20-15-11-8-12-16-20/h6-16,18H,1,17H2,2-5H3/t18-/m1/s1. The van der Waals surface area contributed by atoms with E-state index in [2.05, 4.69) is 88.0 Å². The summed E-state index contributed by atoms with van der Waals surface area (Å²) < 4.78 is 12.2. The van der Waals surface area contributed by atoms with Gasteiger partial charge in [0.15, 0.2) is 0 Å². The minimum atomic E-state index is -2.47. The maximum absolute atomic E-state index is 6.75. The lowest BCUT2D eigenvalue weighted by Gasteiger charge is -2.43. The van der Waals surface area contributed by atoms with Gasteiger partial charge in [0, 0.05) is 7.11 Å². The van der Waals surface area contributed by atoms with Gasteiger partial charge in [0.1, 0.15) is 0 Å². The Balaban J connectivity index is 2.59. The summed E-state index contributed by atoms with van der Waals surface area (Å²) in [6.07, 6.45) is 1.70. The average Bonchev–Trinajstić information content (AvgIpc) is 2.59. The van der Waals surface area contributed by atoms with Gasteiger partial charge in [-0.1, -0.05) is 87.5 Å². The van der Waals surface area contributed by atoms with Crippen molar-refractivity contribution in [3.05, 3.63) is 73.3 Å². The van der Waals surface area contributed by atoms with Crippen LogP contribution in [-0.2, 0) is 9.16 Å². The van der Waals surface area contributed by atoms with Crippen LogP contribution in [0.1, 0.15) is 20.8 Å². The van der Waals surface area contributed by atoms with Crippen LogP contribution in [0.2, 0.25) is 5.04 Å². The van der Waals surface area contributed by atoms with Gasteiger partial charge in [-0.2, -0.15) is 0 Å². The normalized spacial score (nSPS) is 13.5. The molecule has 0 aliphatic rings. The van der Waals surface area contributed by atoms with E-state index in [1.807, 2.05) is 0 Å². The Kier molecular flexibility index (Phi) is 6.16. The molecule has 2 rings (SSSR count). The molecule has 0 heterocycles. The summed E-state index contributed by atoms with van der Waals surface area (Å²) in [6.45, 7) is 11.2. The van der Waals surface area contributed by atoms with Gasteiger partial charge in [-0.25, -0.2) is 0 Å². The second-order valence-corrected chi connectivity index (χ2v) is 11.3. The highest BCUT2D eigenvalue weighted by molar-refractivity contribution is 6.99. The van der Waals surface area contributed by atoms with Gasteiger partial charge >= 0.3 is 0 Å². The number of hydrogen-bond acceptors (Lipinski definition) is 2. The van der Waals surface area contributed by atoms with E-state index in [0.29, 0.717) is 6.61 Å². The van der Waals surface area contributed by atoms with Gasteiger partial charge in [0.25, 0.3) is 8.32 Å². The summed E-state index contributed by atoms with van der Waals surface area (Å²) in [7, 11) is -0.777. The van der Waals surface area contributed by atoms with E-state index in [1.54, 1.807) is 13.2 Å². The summed E-state index contributed by atoms with van der Waals surface area (Å²) in [4.78, 5) is 0. The summed E-state index contributed by atoms with van der Waals surface area (Å²) >= 11 is 0. The largest absolute Gasteiger partial charge is 0.404 e. The van der Waals surface area contributed by atoms with E-state index in [9.17, 15) is 0 Å². The highest BCUT2D eigenvalue weighted by Gasteiger charge is 2.50. The smallest absolute Gasteiger partial charge is 0.261 e. The minimum absolute atomic E-state index is 0.0187. The van der Waals surface area contributed by atoms with E-state index in [0.717, 1.165) is 0 Å². The first-order chi connectivity index (χ1) is 11.5. The van der Waals surface area contributed by atoms with Gasteiger partial charge in [0.2, 0.25) is 0 Å². The fourth-order valence-corrected chi connectivity index (χ4v) is 7.77. The lowest BCUT2D eigenvalue weighted by Crippen LogP contribution is -2.67. The fraction of sp³-hybridized carbons (Fsp3) is 0.333. The van der Waals surface area contributed by atoms with Crippen molar-refractivity contribution in [2.75, 3.05) is 13.7 Å². The Bertz CT molecular complexity index is 592. The molecule has 0 aliphatic heterocycles. The summed E-state index contributed by atoms with van der Waals surface area (Å²) in [5.74, 6) is 0. The van der Waals surface area contributed by atoms with Crippen molar-refractivity contribution in [3.63, 3.8) is 0 Å². The van der Waals surface area contributed by atoms with Crippen LogP contribution in [0.15, 0.2) is 73.3 Å². The molecule has 0 bridgehead atoms. The molecular formula is C21H28O2Si. The number of hydrogen-bond donors (Lipinski definition) is 0. The van der Waals surface area contributed by atoms with E-state index in [4.69, 9.17) is 9.16 Å². The molecule has 2 nitrogen and oxygen atoms in total. The van der Waals surface area contributed by atoms with E-state index in [-0.39, 0.29) is 11.1 Å². The second kappa shape index (κ2) is 7.93. The Morgan fingerprint density at radius 1 is 0.958 bits per heavy atom. The zero-order chi connectivity index (χ0) is 17.6. The van der Waals surface area contributed by atoms with Crippen LogP contribution in [0.25, 0.3) is 0 Å². The molecule has 128 valence electrons. The quantitative estimate of drug-likeness (QED) is 0.564. The first-order valence-corrected chi connectivity index (χ1v) is 10.3. The SMILES string of the molecule is C=C[C@H](CO[Si](c1ccccc1)(c1ccccc1)C(C)(C)C)OC. The van der Waals surface area contributed by atoms with Crippen LogP contribution in [0.3, 0.4) is 0 Å². The predicted octanol–water partition coefficient (Wildman–Crippen LogP) is 3.76. The molecular weight excluding hydrogens is 312 g/mol. The topological polar surface area (TPSA) is 18.5 Å². The number of benzene rings is 2. The maximum atomic E-state index is 6.75. The Hall–Kier alpha value is -1.68. The molecule has 0 unspecified atom stereocenters. The lowest BCUT2D eigenvalue weighted by atomic mass is 10.2. The van der Waals surface area contributed by atoms with Gasteiger partial charge in [0.05, 0.1) is 12.7 Å². The second-order valence-electron chi connectivity index (χ2n) is 6.98. The average molecular weight is 341 g/mol. The zero-order valence-electron chi connectivity index (χ0n) is 15.2. The van der Waals surface area contributed by atoms with Crippen LogP contribution in [-0.4, -0.2) is 28.1 Å². The Morgan fingerprint density at radius 2 is 1.42 bits per heavy atom. The molecule has 0 aromatic heterocycles. The third-order valence-electron chi connectivity index (χ3n) is 4.45. The first kappa shape index (κ1) is 18.7. The molecule has 1 atom stereocenters. The first-order valence-electron chi connectivity index (χ1n) is 8.36. The lowest BCUT2D eigenvalue weighted by molar-refractivity contribution is 0.0879. The van der Waals surface area contributed by atoms with Crippen LogP contribution in [0, 0.1) is 0 Å². The van der Waals surface area contributed by atoms with Gasteiger partial charge in [-0.3, -0.25) is 0 Å². The van der Waals surface area contributed by atoms with E-state index in [1.165, 1.54) is 10.4 Å². The molecule has 0 aliphatic carbocycles. The third-order valence-corrected chi connectivity index (χ3v) is 9.45. The number of methoxy groups -OCH3 is 1. The van der Waals surface area contributed by atoms with E-state index < -0.39 is 8.32 Å². The molecule has 0 N–H and O–H groups in total. The molecule has 0 saturated carbocycles. The highest BCUT2D eigenvalue weighted by atomic mass is 28.4. The maximum Gasteiger partial charge on any atom is 0.261 e. The number of ether oxygens (including phenoxy) is 1. The van der Waals surface area contributed by atoms with Crippen LogP contribution in [0.5, 0.6) is 0 Å². The molecule has 2 aromatic carbocycles. The van der Waals surface area contributed by atoms with Gasteiger partial charge in [-0.15, -0.1) is 6.58 Å². The van der Waals surface area contributed by atoms with Crippen LogP contribution >= 0.6 is 0 Å². The predicted molar refractivity (Wildman–Crippen MR) is 105 cm³/mol. The highest BCUT2D eigenvalue weighted by Crippen LogP contribution is 2.36. The fourth-order valence-electron chi connectivity index (χ4n) is 3.20. The molecule has 0 amide bonds. The van der Waals surface area contributed by atoms with Gasteiger partial charge in [-0.05, 0) is 15.4 Å². The van der Waals surface area contributed by atoms with Crippen molar-refractivity contribution < 1.29 is 9.16 Å². The summed E-state index contributed by atoms with van der Waals surface area (Å²) in [5, 5.41) is 2.54. The van der Waals surface area contributed by atoms with Crippen LogP contribution < -0.4 is 10.4 Å². The Morgan fingerprint density at radius 3 is 1.75 bits per heavy atom. The van der Waals surface area contributed by atoms with Crippen LogP contribution in [0.4, 0.5) is 0 Å². The minimum Gasteiger partial charge on any atom is -0.404 e. The molecule has 2 aromatic rings. The third kappa shape index (κ3) is 3.69. The van der Waals surface area contributed by atoms with Crippen molar-refractivity contribution >= 4 is 18.7 Å². The number of rotatable bonds is 7. The molecule has 0 radical (unpaired) electrons. The molecule has 24 heavy (non-hydrogen) atoms. The summed E-state index contributed by atoms with van der Waals surface area (Å²) in [6, 6.07) is 21.3. The molecule has 3 heteroatoms. The van der Waals surface area contributed by atoms with Crippen molar-refractivity contribution in [3.8, 4) is 0 Å².